The van der Waals surface area contributed by atoms with Crippen LogP contribution in [0.5, 0.6) is 0 Å². The summed E-state index contributed by atoms with van der Waals surface area (Å²) in [6, 6.07) is 9.86. The third kappa shape index (κ3) is 4.46. The van der Waals surface area contributed by atoms with Gasteiger partial charge in [-0.15, -0.1) is 0 Å². The van der Waals surface area contributed by atoms with E-state index in [0.29, 0.717) is 23.9 Å². The number of quaternary nitrogens is 1. The topological polar surface area (TPSA) is 65.6 Å². The minimum Gasteiger partial charge on any atom is -0.332 e. The maximum absolute atomic E-state index is 12.9. The Hall–Kier alpha value is -1.42. The molecule has 1 N–H and O–H groups in total. The van der Waals surface area contributed by atoms with Gasteiger partial charge in [0, 0.05) is 0 Å². The molecule has 0 bridgehead atoms. The van der Waals surface area contributed by atoms with Crippen molar-refractivity contribution in [3.8, 4) is 6.07 Å². The van der Waals surface area contributed by atoms with E-state index in [1.807, 2.05) is 19.1 Å². The summed E-state index contributed by atoms with van der Waals surface area (Å²) < 4.78 is 27.4. The van der Waals surface area contributed by atoms with E-state index < -0.39 is 10.0 Å². The molecule has 142 valence electrons. The fourth-order valence-electron chi connectivity index (χ4n) is 4.22. The minimum atomic E-state index is -3.41. The summed E-state index contributed by atoms with van der Waals surface area (Å²) in [6.45, 7) is 5.31. The molecule has 1 saturated heterocycles. The van der Waals surface area contributed by atoms with Gasteiger partial charge in [-0.05, 0) is 43.4 Å². The largest absolute Gasteiger partial charge is 0.332 e. The molecule has 3 rings (SSSR count). The highest BCUT2D eigenvalue weighted by Crippen LogP contribution is 2.33. The lowest BCUT2D eigenvalue weighted by atomic mass is 9.84. The number of hydrogen-bond acceptors (Lipinski definition) is 3. The van der Waals surface area contributed by atoms with Gasteiger partial charge in [-0.3, -0.25) is 0 Å². The van der Waals surface area contributed by atoms with E-state index in [0.717, 1.165) is 19.6 Å². The number of sulfonamides is 1. The molecule has 2 fully saturated rings. The smallest absolute Gasteiger partial charge is 0.243 e. The molecule has 5 nitrogen and oxygen atoms in total. The van der Waals surface area contributed by atoms with Gasteiger partial charge in [0.1, 0.15) is 0 Å². The summed E-state index contributed by atoms with van der Waals surface area (Å²) in [4.78, 5) is 1.73. The number of benzene rings is 1. The highest BCUT2D eigenvalue weighted by molar-refractivity contribution is 7.89. The molecule has 0 unspecified atom stereocenters. The third-order valence-electron chi connectivity index (χ3n) is 5.84. The van der Waals surface area contributed by atoms with Crippen molar-refractivity contribution in [3.05, 3.63) is 29.8 Å². The van der Waals surface area contributed by atoms with Crippen LogP contribution in [0.2, 0.25) is 0 Å². The number of piperazine rings is 1. The van der Waals surface area contributed by atoms with Crippen LogP contribution in [0.25, 0.3) is 0 Å². The number of hydrogen-bond donors (Lipinski definition) is 1. The van der Waals surface area contributed by atoms with Gasteiger partial charge in [0.05, 0.1) is 49.6 Å². The van der Waals surface area contributed by atoms with Crippen molar-refractivity contribution in [1.29, 1.82) is 5.26 Å². The Balaban J connectivity index is 1.62. The Labute approximate surface area is 157 Å². The number of nitrogens with one attached hydrogen (secondary N) is 1. The highest BCUT2D eigenvalue weighted by atomic mass is 32.2. The van der Waals surface area contributed by atoms with Crippen molar-refractivity contribution >= 4 is 10.0 Å². The zero-order chi connectivity index (χ0) is 18.6. The standard InChI is InChI=1S/C20H29N3O2S/c1-17(15-21)16-22-11-13-23(14-12-22)26(24,25)20-9-7-19(8-10-20)18-5-3-2-4-6-18/h7-10,17-18H,2-6,11-14,16H2,1H3/p+1/t17-/m0/s1. The predicted octanol–water partition coefficient (Wildman–Crippen LogP) is 1.78. The lowest BCUT2D eigenvalue weighted by Crippen LogP contribution is -3.15. The summed E-state index contributed by atoms with van der Waals surface area (Å²) >= 11 is 0. The molecule has 2 aliphatic rings. The van der Waals surface area contributed by atoms with Gasteiger partial charge in [-0.1, -0.05) is 31.4 Å². The van der Waals surface area contributed by atoms with E-state index in [-0.39, 0.29) is 5.92 Å². The van der Waals surface area contributed by atoms with E-state index in [4.69, 9.17) is 5.26 Å². The second-order valence-corrected chi connectivity index (χ2v) is 9.73. The van der Waals surface area contributed by atoms with Crippen molar-refractivity contribution < 1.29 is 13.3 Å². The van der Waals surface area contributed by atoms with Crippen LogP contribution < -0.4 is 4.90 Å². The van der Waals surface area contributed by atoms with Crippen molar-refractivity contribution in [2.75, 3.05) is 32.7 Å². The Kier molecular flexibility index (Phi) is 6.33. The molecule has 0 spiro atoms. The molecule has 1 aromatic rings. The van der Waals surface area contributed by atoms with Gasteiger partial charge >= 0.3 is 0 Å². The Morgan fingerprint density at radius 1 is 1.15 bits per heavy atom. The van der Waals surface area contributed by atoms with Crippen molar-refractivity contribution in [3.63, 3.8) is 0 Å². The first kappa shape index (κ1) is 19.3. The van der Waals surface area contributed by atoms with Crippen molar-refractivity contribution in [2.24, 2.45) is 5.92 Å². The maximum Gasteiger partial charge on any atom is 0.243 e. The van der Waals surface area contributed by atoms with Gasteiger partial charge in [-0.25, -0.2) is 8.42 Å². The Bertz CT molecular complexity index is 725. The first-order valence-electron chi connectivity index (χ1n) is 9.84. The van der Waals surface area contributed by atoms with E-state index in [9.17, 15) is 8.42 Å². The second-order valence-electron chi connectivity index (χ2n) is 7.79. The maximum atomic E-state index is 12.9. The van der Waals surface area contributed by atoms with Crippen LogP contribution >= 0.6 is 0 Å². The molecular formula is C20H30N3O2S+. The van der Waals surface area contributed by atoms with E-state index in [1.54, 1.807) is 16.4 Å². The minimum absolute atomic E-state index is 0.0143. The van der Waals surface area contributed by atoms with Crippen LogP contribution in [0.15, 0.2) is 29.2 Å². The first-order chi connectivity index (χ1) is 12.5. The van der Waals surface area contributed by atoms with E-state index in [2.05, 4.69) is 6.07 Å². The Morgan fingerprint density at radius 2 is 1.77 bits per heavy atom. The van der Waals surface area contributed by atoms with Crippen LogP contribution in [0.3, 0.4) is 0 Å². The molecule has 1 saturated carbocycles. The normalized spacial score (nSPS) is 22.0. The first-order valence-corrected chi connectivity index (χ1v) is 11.3. The zero-order valence-corrected chi connectivity index (χ0v) is 16.5. The predicted molar refractivity (Wildman–Crippen MR) is 101 cm³/mol. The summed E-state index contributed by atoms with van der Waals surface area (Å²) in [6.07, 6.45) is 6.32. The number of rotatable bonds is 5. The van der Waals surface area contributed by atoms with E-state index >= 15 is 0 Å². The van der Waals surface area contributed by atoms with Crippen LogP contribution in [0.1, 0.15) is 50.5 Å². The third-order valence-corrected chi connectivity index (χ3v) is 7.75. The van der Waals surface area contributed by atoms with Gasteiger partial charge in [0.25, 0.3) is 0 Å². The van der Waals surface area contributed by atoms with Crippen LogP contribution in [-0.2, 0) is 10.0 Å². The molecule has 1 atom stereocenters. The summed E-state index contributed by atoms with van der Waals surface area (Å²) in [5, 5.41) is 8.94. The van der Waals surface area contributed by atoms with Crippen molar-refractivity contribution in [1.82, 2.24) is 4.31 Å². The van der Waals surface area contributed by atoms with Crippen molar-refractivity contribution in [2.45, 2.75) is 49.8 Å². The molecule has 1 aromatic carbocycles. The highest BCUT2D eigenvalue weighted by Gasteiger charge is 2.31. The Morgan fingerprint density at radius 3 is 2.35 bits per heavy atom. The van der Waals surface area contributed by atoms with Crippen LogP contribution in [0.4, 0.5) is 0 Å². The molecule has 6 heteroatoms. The average Bonchev–Trinajstić information content (AvgIpc) is 2.69. The molecule has 1 aliphatic heterocycles. The fraction of sp³-hybridized carbons (Fsp3) is 0.650. The summed E-state index contributed by atoms with van der Waals surface area (Å²) in [5.41, 5.74) is 1.28. The molecular weight excluding hydrogens is 346 g/mol. The molecule has 1 heterocycles. The van der Waals surface area contributed by atoms with E-state index in [1.165, 1.54) is 42.6 Å². The monoisotopic (exact) mass is 376 g/mol. The molecule has 0 aromatic heterocycles. The zero-order valence-electron chi connectivity index (χ0n) is 15.7. The quantitative estimate of drug-likeness (QED) is 0.852. The molecule has 1 aliphatic carbocycles. The lowest BCUT2D eigenvalue weighted by Gasteiger charge is -2.32. The molecule has 0 radical (unpaired) electrons. The molecule has 26 heavy (non-hydrogen) atoms. The SMILES string of the molecule is C[C@@H](C#N)C[NH+]1CCN(S(=O)(=O)c2ccc(C3CCCCC3)cc2)CC1. The van der Waals surface area contributed by atoms with Crippen LogP contribution in [0, 0.1) is 17.2 Å². The summed E-state index contributed by atoms with van der Waals surface area (Å²) in [5.74, 6) is 0.607. The van der Waals surface area contributed by atoms with Crippen LogP contribution in [-0.4, -0.2) is 45.4 Å². The van der Waals surface area contributed by atoms with Gasteiger partial charge in [0.15, 0.2) is 0 Å². The second kappa shape index (κ2) is 8.51. The summed E-state index contributed by atoms with van der Waals surface area (Å²) in [7, 11) is -3.41. The number of nitriles is 1. The lowest BCUT2D eigenvalue weighted by molar-refractivity contribution is -0.905. The van der Waals surface area contributed by atoms with Gasteiger partial charge < -0.3 is 4.90 Å². The van der Waals surface area contributed by atoms with Gasteiger partial charge in [0.2, 0.25) is 10.0 Å². The number of nitrogens with zero attached hydrogens (tertiary/aromatic N) is 2. The average molecular weight is 377 g/mol. The van der Waals surface area contributed by atoms with Gasteiger partial charge in [-0.2, -0.15) is 9.57 Å². The molecule has 0 amide bonds. The fourth-order valence-corrected chi connectivity index (χ4v) is 5.66.